The Labute approximate surface area is 170 Å². The van der Waals surface area contributed by atoms with Crippen molar-refractivity contribution in [3.8, 4) is 0 Å². The Kier molecular flexibility index (Phi) is 8.45. The molecule has 1 aromatic carbocycles. The van der Waals surface area contributed by atoms with E-state index in [0.717, 1.165) is 4.90 Å². The van der Waals surface area contributed by atoms with Crippen molar-refractivity contribution in [2.45, 2.75) is 58.8 Å². The summed E-state index contributed by atoms with van der Waals surface area (Å²) in [5, 5.41) is 0.422. The van der Waals surface area contributed by atoms with Crippen molar-refractivity contribution in [1.29, 1.82) is 0 Å². The van der Waals surface area contributed by atoms with Crippen molar-refractivity contribution in [2.75, 3.05) is 13.2 Å². The number of benzene rings is 1. The van der Waals surface area contributed by atoms with Crippen LogP contribution in [0, 0.1) is 0 Å². The summed E-state index contributed by atoms with van der Waals surface area (Å²) >= 11 is 6.08. The number of ether oxygens (including phenoxy) is 3. The molecule has 1 aromatic rings. The average Bonchev–Trinajstić information content (AvgIpc) is 2.50. The van der Waals surface area contributed by atoms with Crippen molar-refractivity contribution in [3.05, 3.63) is 34.9 Å². The molecule has 0 aliphatic carbocycles. The second-order valence-corrected chi connectivity index (χ2v) is 8.54. The van der Waals surface area contributed by atoms with Gasteiger partial charge in [0.15, 0.2) is 0 Å². The van der Waals surface area contributed by atoms with E-state index in [0.29, 0.717) is 16.9 Å². The molecule has 0 spiro atoms. The van der Waals surface area contributed by atoms with Gasteiger partial charge in [-0.15, -0.1) is 0 Å². The van der Waals surface area contributed by atoms with Gasteiger partial charge in [-0.2, -0.15) is 0 Å². The predicted octanol–water partition coefficient (Wildman–Crippen LogP) is 4.77. The van der Waals surface area contributed by atoms with Gasteiger partial charge in [0.25, 0.3) is 0 Å². The Hall–Kier alpha value is -2.12. The van der Waals surface area contributed by atoms with Gasteiger partial charge in [-0.3, -0.25) is 0 Å². The molecule has 0 aromatic heterocycles. The maximum Gasteiger partial charge on any atom is 0.420 e. The highest BCUT2D eigenvalue weighted by Crippen LogP contribution is 2.28. The summed E-state index contributed by atoms with van der Waals surface area (Å²) in [5.74, 6) is 0. The lowest BCUT2D eigenvalue weighted by atomic mass is 10.1. The van der Waals surface area contributed by atoms with Crippen LogP contribution in [0.1, 0.15) is 53.1 Å². The number of halogens is 1. The Morgan fingerprint density at radius 3 is 2.04 bits per heavy atom. The average molecular weight is 414 g/mol. The summed E-state index contributed by atoms with van der Waals surface area (Å²) in [6.07, 6.45) is -1.19. The first-order valence-electron chi connectivity index (χ1n) is 8.86. The number of hydrogen-bond acceptors (Lipinski definition) is 6. The van der Waals surface area contributed by atoms with Gasteiger partial charge >= 0.3 is 12.2 Å². The first-order valence-corrected chi connectivity index (χ1v) is 9.24. The van der Waals surface area contributed by atoms with Crippen LogP contribution in [0.5, 0.6) is 0 Å². The SMILES string of the molecule is CC(C)(C)OC(=O)N(C(=O)OC(C)(C)C)[C@H](COCC=O)c1cccc(Cl)c1. The van der Waals surface area contributed by atoms with E-state index in [-0.39, 0.29) is 13.2 Å². The van der Waals surface area contributed by atoms with E-state index < -0.39 is 29.4 Å². The lowest BCUT2D eigenvalue weighted by Crippen LogP contribution is -2.46. The van der Waals surface area contributed by atoms with E-state index in [1.54, 1.807) is 65.8 Å². The fraction of sp³-hybridized carbons (Fsp3) is 0.550. The van der Waals surface area contributed by atoms with Crippen molar-refractivity contribution in [3.63, 3.8) is 0 Å². The van der Waals surface area contributed by atoms with E-state index in [1.807, 2.05) is 0 Å². The monoisotopic (exact) mass is 413 g/mol. The molecule has 1 rings (SSSR count). The molecule has 0 N–H and O–H groups in total. The lowest BCUT2D eigenvalue weighted by molar-refractivity contribution is -0.112. The van der Waals surface area contributed by atoms with Crippen LogP contribution in [0.15, 0.2) is 24.3 Å². The topological polar surface area (TPSA) is 82.1 Å². The molecule has 7 nitrogen and oxygen atoms in total. The lowest BCUT2D eigenvalue weighted by Gasteiger charge is -2.33. The standard InChI is InChI=1S/C20H28ClNO6/c1-19(2,3)27-17(24)22(18(25)28-20(4,5)6)16(13-26-11-10-23)14-8-7-9-15(21)12-14/h7-10,12,16H,11,13H2,1-6H3/t16-/m1/s1. The maximum absolute atomic E-state index is 12.9. The summed E-state index contributed by atoms with van der Waals surface area (Å²) in [7, 11) is 0. The number of hydrogen-bond donors (Lipinski definition) is 0. The number of carbonyl (C=O) groups is 3. The molecule has 0 saturated carbocycles. The van der Waals surface area contributed by atoms with Crippen LogP contribution in [-0.2, 0) is 19.0 Å². The molecule has 156 valence electrons. The number of imide groups is 1. The third kappa shape index (κ3) is 8.27. The third-order valence-electron chi connectivity index (χ3n) is 3.19. The fourth-order valence-electron chi connectivity index (χ4n) is 2.21. The molecule has 0 aliphatic rings. The van der Waals surface area contributed by atoms with Crippen molar-refractivity contribution in [2.24, 2.45) is 0 Å². The highest BCUT2D eigenvalue weighted by atomic mass is 35.5. The molecule has 1 atom stereocenters. The van der Waals surface area contributed by atoms with Crippen molar-refractivity contribution in [1.82, 2.24) is 4.90 Å². The molecule has 0 bridgehead atoms. The second kappa shape index (κ2) is 9.89. The first kappa shape index (κ1) is 23.9. The van der Waals surface area contributed by atoms with E-state index >= 15 is 0 Å². The van der Waals surface area contributed by atoms with E-state index in [9.17, 15) is 14.4 Å². The van der Waals surface area contributed by atoms with Crippen LogP contribution in [0.25, 0.3) is 0 Å². The smallest absolute Gasteiger partial charge is 0.420 e. The minimum absolute atomic E-state index is 0.127. The molecule has 28 heavy (non-hydrogen) atoms. The van der Waals surface area contributed by atoms with Crippen molar-refractivity contribution < 1.29 is 28.6 Å². The highest BCUT2D eigenvalue weighted by Gasteiger charge is 2.37. The zero-order valence-corrected chi connectivity index (χ0v) is 17.9. The minimum Gasteiger partial charge on any atom is -0.443 e. The molecule has 0 aliphatic heterocycles. The number of aldehydes is 1. The zero-order chi connectivity index (χ0) is 21.5. The number of carbonyl (C=O) groups excluding carboxylic acids is 3. The molecule has 0 radical (unpaired) electrons. The summed E-state index contributed by atoms with van der Waals surface area (Å²) < 4.78 is 16.1. The van der Waals surface area contributed by atoms with E-state index in [2.05, 4.69) is 0 Å². The normalized spacial score (nSPS) is 12.8. The van der Waals surface area contributed by atoms with Crippen molar-refractivity contribution >= 4 is 30.1 Å². The van der Waals surface area contributed by atoms with Crippen LogP contribution in [0.2, 0.25) is 5.02 Å². The molecular weight excluding hydrogens is 386 g/mol. The van der Waals surface area contributed by atoms with Gasteiger partial charge in [-0.1, -0.05) is 23.7 Å². The summed E-state index contributed by atoms with van der Waals surface area (Å²) in [4.78, 5) is 37.2. The summed E-state index contributed by atoms with van der Waals surface area (Å²) in [6, 6.07) is 5.76. The van der Waals surface area contributed by atoms with Crippen LogP contribution in [0.4, 0.5) is 9.59 Å². The quantitative estimate of drug-likeness (QED) is 0.493. The summed E-state index contributed by atoms with van der Waals surface area (Å²) in [6.45, 7) is 9.83. The number of rotatable bonds is 6. The predicted molar refractivity (Wildman–Crippen MR) is 105 cm³/mol. The van der Waals surface area contributed by atoms with Gasteiger partial charge in [0, 0.05) is 5.02 Å². The van der Waals surface area contributed by atoms with Gasteiger partial charge in [-0.25, -0.2) is 14.5 Å². The largest absolute Gasteiger partial charge is 0.443 e. The Morgan fingerprint density at radius 2 is 1.61 bits per heavy atom. The van der Waals surface area contributed by atoms with Gasteiger partial charge in [0.1, 0.15) is 24.1 Å². The summed E-state index contributed by atoms with van der Waals surface area (Å²) in [5.41, 5.74) is -1.13. The molecule has 0 unspecified atom stereocenters. The second-order valence-electron chi connectivity index (χ2n) is 8.11. The zero-order valence-electron chi connectivity index (χ0n) is 17.2. The molecule has 0 saturated heterocycles. The van der Waals surface area contributed by atoms with E-state index in [1.165, 1.54) is 0 Å². The van der Waals surface area contributed by atoms with Crippen LogP contribution in [-0.4, -0.2) is 47.8 Å². The molecule has 8 heteroatoms. The Bertz CT molecular complexity index is 665. The Morgan fingerprint density at radius 1 is 1.07 bits per heavy atom. The molecule has 0 fully saturated rings. The number of nitrogens with zero attached hydrogens (tertiary/aromatic N) is 1. The fourth-order valence-corrected chi connectivity index (χ4v) is 2.41. The third-order valence-corrected chi connectivity index (χ3v) is 3.42. The van der Waals surface area contributed by atoms with Gasteiger partial charge in [-0.05, 0) is 59.2 Å². The highest BCUT2D eigenvalue weighted by molar-refractivity contribution is 6.30. The van der Waals surface area contributed by atoms with Crippen LogP contribution in [0.3, 0.4) is 0 Å². The minimum atomic E-state index is -0.900. The molecular formula is C20H28ClNO6. The Balaban J connectivity index is 3.36. The maximum atomic E-state index is 12.9. The van der Waals surface area contributed by atoms with Gasteiger partial charge in [0.2, 0.25) is 0 Å². The molecule has 2 amide bonds. The van der Waals surface area contributed by atoms with Gasteiger partial charge in [0.05, 0.1) is 12.6 Å². The van der Waals surface area contributed by atoms with Crippen LogP contribution < -0.4 is 0 Å². The molecule has 0 heterocycles. The number of amides is 2. The first-order chi connectivity index (χ1) is 12.8. The van der Waals surface area contributed by atoms with Gasteiger partial charge < -0.3 is 19.0 Å². The van der Waals surface area contributed by atoms with E-state index in [4.69, 9.17) is 25.8 Å². The van der Waals surface area contributed by atoms with Crippen LogP contribution >= 0.6 is 11.6 Å².